The molecule has 0 radical (unpaired) electrons. The summed E-state index contributed by atoms with van der Waals surface area (Å²) in [4.78, 5) is 24.4. The summed E-state index contributed by atoms with van der Waals surface area (Å²) in [6.45, 7) is 0. The Balaban J connectivity index is 1.96. The van der Waals surface area contributed by atoms with Crippen molar-refractivity contribution in [2.45, 2.75) is 19.3 Å². The van der Waals surface area contributed by atoms with Crippen LogP contribution in [0.15, 0.2) is 24.3 Å². The molecule has 0 saturated heterocycles. The molecule has 1 aliphatic carbocycles. The highest BCUT2D eigenvalue weighted by Gasteiger charge is 2.33. The van der Waals surface area contributed by atoms with E-state index in [2.05, 4.69) is 0 Å². The van der Waals surface area contributed by atoms with Gasteiger partial charge in [0.05, 0.1) is 38.9 Å². The minimum atomic E-state index is -0.419. The molecule has 1 unspecified atom stereocenters. The number of carbonyl (C=O) groups is 1. The van der Waals surface area contributed by atoms with Crippen LogP contribution in [0.2, 0.25) is 0 Å². The van der Waals surface area contributed by atoms with E-state index in [-0.39, 0.29) is 23.1 Å². The molecule has 2 aromatic rings. The van der Waals surface area contributed by atoms with Gasteiger partial charge in [-0.25, -0.2) is 0 Å². The molecular weight excluding hydrogens is 378 g/mol. The normalized spacial score (nSPS) is 15.2. The molecule has 1 aliphatic rings. The third-order valence-corrected chi connectivity index (χ3v) is 5.29. The predicted octanol–water partition coefficient (Wildman–Crippen LogP) is 3.62. The van der Waals surface area contributed by atoms with Crippen molar-refractivity contribution in [2.24, 2.45) is 5.92 Å². The predicted molar refractivity (Wildman–Crippen MR) is 106 cm³/mol. The van der Waals surface area contributed by atoms with Crippen molar-refractivity contribution >= 4 is 11.5 Å². The maximum Gasteiger partial charge on any atom is 0.314 e. The first-order valence-corrected chi connectivity index (χ1v) is 9.13. The second-order valence-corrected chi connectivity index (χ2v) is 6.70. The lowest BCUT2D eigenvalue weighted by atomic mass is 9.79. The fourth-order valence-corrected chi connectivity index (χ4v) is 3.92. The minimum Gasteiger partial charge on any atom is -0.493 e. The van der Waals surface area contributed by atoms with E-state index in [1.807, 2.05) is 0 Å². The quantitative estimate of drug-likeness (QED) is 0.397. The van der Waals surface area contributed by atoms with Crippen LogP contribution in [-0.2, 0) is 12.8 Å². The molecule has 0 heterocycles. The van der Waals surface area contributed by atoms with Crippen molar-refractivity contribution in [2.75, 3.05) is 28.4 Å². The van der Waals surface area contributed by atoms with Crippen LogP contribution in [0.1, 0.15) is 27.9 Å². The van der Waals surface area contributed by atoms with Gasteiger partial charge in [-0.05, 0) is 43.0 Å². The van der Waals surface area contributed by atoms with Crippen LogP contribution >= 0.6 is 0 Å². The number of nitro groups is 1. The highest BCUT2D eigenvalue weighted by Crippen LogP contribution is 2.43. The van der Waals surface area contributed by atoms with Gasteiger partial charge in [0, 0.05) is 11.5 Å². The zero-order chi connectivity index (χ0) is 21.1. The van der Waals surface area contributed by atoms with Gasteiger partial charge < -0.3 is 18.9 Å². The molecule has 0 spiro atoms. The molecule has 0 bridgehead atoms. The summed E-state index contributed by atoms with van der Waals surface area (Å²) in [7, 11) is 5.88. The summed E-state index contributed by atoms with van der Waals surface area (Å²) in [6.07, 6.45) is 1.34. The Morgan fingerprint density at radius 1 is 0.966 bits per heavy atom. The SMILES string of the molecule is COc1ccc(C(=O)C2CCc3c(ccc(OC)c3[N+](=O)[O-])C2)c(OC)c1OC. The first-order valence-electron chi connectivity index (χ1n) is 9.13. The highest BCUT2D eigenvalue weighted by atomic mass is 16.6. The molecule has 1 atom stereocenters. The fraction of sp³-hybridized carbons (Fsp3) is 0.381. The molecule has 29 heavy (non-hydrogen) atoms. The third kappa shape index (κ3) is 3.57. The number of nitrogens with zero attached hydrogens (tertiary/aromatic N) is 1. The third-order valence-electron chi connectivity index (χ3n) is 5.29. The smallest absolute Gasteiger partial charge is 0.314 e. The molecule has 0 aromatic heterocycles. The number of benzene rings is 2. The van der Waals surface area contributed by atoms with E-state index in [0.29, 0.717) is 47.6 Å². The summed E-state index contributed by atoms with van der Waals surface area (Å²) >= 11 is 0. The van der Waals surface area contributed by atoms with E-state index in [4.69, 9.17) is 18.9 Å². The lowest BCUT2D eigenvalue weighted by molar-refractivity contribution is -0.386. The maximum absolute atomic E-state index is 13.3. The van der Waals surface area contributed by atoms with Crippen LogP contribution in [0.3, 0.4) is 0 Å². The van der Waals surface area contributed by atoms with E-state index in [1.165, 1.54) is 28.4 Å². The number of Topliss-reactive ketones (excluding diaryl/α,β-unsaturated/α-hetero) is 1. The van der Waals surface area contributed by atoms with Gasteiger partial charge >= 0.3 is 5.69 Å². The molecule has 3 rings (SSSR count). The Labute approximate surface area is 168 Å². The molecule has 2 aromatic carbocycles. The van der Waals surface area contributed by atoms with Crippen molar-refractivity contribution in [3.05, 3.63) is 51.1 Å². The van der Waals surface area contributed by atoms with Gasteiger partial charge in [0.2, 0.25) is 5.75 Å². The number of ether oxygens (including phenoxy) is 4. The van der Waals surface area contributed by atoms with E-state index in [9.17, 15) is 14.9 Å². The van der Waals surface area contributed by atoms with E-state index in [1.54, 1.807) is 24.3 Å². The number of fused-ring (bicyclic) bond motifs is 1. The zero-order valence-electron chi connectivity index (χ0n) is 16.8. The Bertz CT molecular complexity index is 955. The van der Waals surface area contributed by atoms with Crippen LogP contribution in [0, 0.1) is 16.0 Å². The molecule has 0 amide bonds. The van der Waals surface area contributed by atoms with Crippen LogP contribution in [-0.4, -0.2) is 39.1 Å². The molecular formula is C21H23NO7. The molecule has 0 N–H and O–H groups in total. The molecule has 0 saturated carbocycles. The lowest BCUT2D eigenvalue weighted by Crippen LogP contribution is -2.24. The van der Waals surface area contributed by atoms with Gasteiger partial charge in [0.15, 0.2) is 23.0 Å². The number of rotatable bonds is 7. The van der Waals surface area contributed by atoms with Gasteiger partial charge in [-0.1, -0.05) is 6.07 Å². The number of ketones is 1. The Morgan fingerprint density at radius 3 is 2.21 bits per heavy atom. The Morgan fingerprint density at radius 2 is 1.62 bits per heavy atom. The van der Waals surface area contributed by atoms with Gasteiger partial charge in [0.25, 0.3) is 0 Å². The average molecular weight is 401 g/mol. The van der Waals surface area contributed by atoms with Crippen LogP contribution < -0.4 is 18.9 Å². The Kier molecular flexibility index (Phi) is 5.91. The maximum atomic E-state index is 13.3. The number of carbonyl (C=O) groups excluding carboxylic acids is 1. The topological polar surface area (TPSA) is 97.1 Å². The summed E-state index contributed by atoms with van der Waals surface area (Å²) in [5.41, 5.74) is 1.82. The monoisotopic (exact) mass is 401 g/mol. The zero-order valence-corrected chi connectivity index (χ0v) is 16.8. The number of methoxy groups -OCH3 is 4. The minimum absolute atomic E-state index is 0.0143. The van der Waals surface area contributed by atoms with Crippen LogP contribution in [0.4, 0.5) is 5.69 Å². The Hall–Kier alpha value is -3.29. The number of hydrogen-bond donors (Lipinski definition) is 0. The second-order valence-electron chi connectivity index (χ2n) is 6.70. The van der Waals surface area contributed by atoms with Gasteiger partial charge in [-0.2, -0.15) is 0 Å². The van der Waals surface area contributed by atoms with Crippen LogP contribution in [0.5, 0.6) is 23.0 Å². The summed E-state index contributed by atoms with van der Waals surface area (Å²) in [5.74, 6) is 0.980. The average Bonchev–Trinajstić information content (AvgIpc) is 2.75. The summed E-state index contributed by atoms with van der Waals surface area (Å²) in [6, 6.07) is 6.71. The van der Waals surface area contributed by atoms with Crippen molar-refractivity contribution in [1.82, 2.24) is 0 Å². The van der Waals surface area contributed by atoms with E-state index in [0.717, 1.165) is 5.56 Å². The number of nitro benzene ring substituents is 1. The van der Waals surface area contributed by atoms with Gasteiger partial charge in [-0.15, -0.1) is 0 Å². The van der Waals surface area contributed by atoms with Crippen molar-refractivity contribution in [3.63, 3.8) is 0 Å². The second kappa shape index (κ2) is 8.38. The van der Waals surface area contributed by atoms with Crippen molar-refractivity contribution in [1.29, 1.82) is 0 Å². The summed E-state index contributed by atoms with van der Waals surface area (Å²) in [5, 5.41) is 11.5. The molecule has 8 heteroatoms. The first kappa shape index (κ1) is 20.4. The largest absolute Gasteiger partial charge is 0.493 e. The molecule has 154 valence electrons. The van der Waals surface area contributed by atoms with E-state index >= 15 is 0 Å². The molecule has 8 nitrogen and oxygen atoms in total. The highest BCUT2D eigenvalue weighted by molar-refractivity contribution is 6.01. The van der Waals surface area contributed by atoms with E-state index < -0.39 is 4.92 Å². The standard InChI is InChI=1S/C21H23NO7/c1-26-16-9-6-12-11-13(5-7-14(12)18(16)22(24)25)19(23)15-8-10-17(27-2)21(29-4)20(15)28-3/h6,8-10,13H,5,7,11H2,1-4H3. The van der Waals surface area contributed by atoms with Gasteiger partial charge in [-0.3, -0.25) is 14.9 Å². The van der Waals surface area contributed by atoms with Crippen molar-refractivity contribution in [3.8, 4) is 23.0 Å². The lowest BCUT2D eigenvalue weighted by Gasteiger charge is -2.25. The number of hydrogen-bond acceptors (Lipinski definition) is 7. The molecule has 0 aliphatic heterocycles. The first-order chi connectivity index (χ1) is 14.0. The summed E-state index contributed by atoms with van der Waals surface area (Å²) < 4.78 is 21.2. The fourth-order valence-electron chi connectivity index (χ4n) is 3.92. The van der Waals surface area contributed by atoms with Crippen molar-refractivity contribution < 1.29 is 28.7 Å². The van der Waals surface area contributed by atoms with Crippen LogP contribution in [0.25, 0.3) is 0 Å². The molecule has 0 fully saturated rings. The van der Waals surface area contributed by atoms with Gasteiger partial charge in [0.1, 0.15) is 0 Å².